The average molecular weight is 492 g/mol. The van der Waals surface area contributed by atoms with Gasteiger partial charge in [-0.25, -0.2) is 9.59 Å². The van der Waals surface area contributed by atoms with Crippen LogP contribution in [-0.2, 0) is 4.79 Å². The van der Waals surface area contributed by atoms with E-state index in [4.69, 9.17) is 0 Å². The molecule has 36 heavy (non-hydrogen) atoms. The molecule has 3 N–H and O–H groups in total. The molecule has 2 aliphatic rings. The monoisotopic (exact) mass is 491 g/mol. The van der Waals surface area contributed by atoms with Crippen molar-refractivity contribution < 1.29 is 19.5 Å². The number of hydrogen-bond acceptors (Lipinski definition) is 3. The predicted molar refractivity (Wildman–Crippen MR) is 141 cm³/mol. The van der Waals surface area contributed by atoms with Crippen LogP contribution in [0.25, 0.3) is 0 Å². The van der Waals surface area contributed by atoms with Gasteiger partial charge in [-0.3, -0.25) is 4.79 Å². The first-order valence-corrected chi connectivity index (χ1v) is 13.0. The summed E-state index contributed by atoms with van der Waals surface area (Å²) in [6, 6.07) is 12.9. The Bertz CT molecular complexity index is 1100. The van der Waals surface area contributed by atoms with Crippen LogP contribution in [0.2, 0.25) is 0 Å². The van der Waals surface area contributed by atoms with Gasteiger partial charge in [0.1, 0.15) is 6.04 Å². The van der Waals surface area contributed by atoms with Crippen LogP contribution in [0.1, 0.15) is 91.3 Å². The third-order valence-electron chi connectivity index (χ3n) is 7.67. The largest absolute Gasteiger partial charge is 0.478 e. The molecule has 0 radical (unpaired) electrons. The summed E-state index contributed by atoms with van der Waals surface area (Å²) in [5.74, 6) is -0.166. The maximum absolute atomic E-state index is 13.1. The fraction of sp³-hybridized carbons (Fsp3) is 0.483. The van der Waals surface area contributed by atoms with E-state index in [2.05, 4.69) is 24.5 Å². The standard InChI is InChI=1S/C29H37N3O4/c1-18(2)20-6-11-24(12-7-20)31-29(36)32-16-4-5-26(32)27(33)30-23-13-8-21(9-14-23)22-10-15-25(28(34)35)19(3)17-22/h6-7,10-12,15,17-18,21,23,26H,4-5,8-9,13-14,16H2,1-3H3,(H,30,33)(H,31,36)(H,34,35)/t21?,23?,26-/m1/s1. The number of aryl methyl sites for hydroxylation is 1. The highest BCUT2D eigenvalue weighted by Gasteiger charge is 2.35. The van der Waals surface area contributed by atoms with E-state index in [0.29, 0.717) is 30.4 Å². The van der Waals surface area contributed by atoms with Gasteiger partial charge in [-0.05, 0) is 92.2 Å². The van der Waals surface area contributed by atoms with Crippen LogP contribution in [0.5, 0.6) is 0 Å². The lowest BCUT2D eigenvalue weighted by Crippen LogP contribution is -2.50. The highest BCUT2D eigenvalue weighted by molar-refractivity contribution is 5.94. The van der Waals surface area contributed by atoms with Crippen molar-refractivity contribution in [1.29, 1.82) is 0 Å². The SMILES string of the molecule is Cc1cc(C2CCC(NC(=O)[C@H]3CCCN3C(=O)Nc3ccc(C(C)C)cc3)CC2)ccc1C(=O)O. The Labute approximate surface area is 213 Å². The van der Waals surface area contributed by atoms with Crippen LogP contribution in [0.15, 0.2) is 42.5 Å². The first-order chi connectivity index (χ1) is 17.2. The van der Waals surface area contributed by atoms with E-state index in [1.54, 1.807) is 11.0 Å². The lowest BCUT2D eigenvalue weighted by molar-refractivity contribution is -0.125. The number of rotatable bonds is 6. The Balaban J connectivity index is 1.29. The molecule has 2 fully saturated rings. The number of nitrogens with one attached hydrogen (secondary N) is 2. The highest BCUT2D eigenvalue weighted by Crippen LogP contribution is 2.34. The topological polar surface area (TPSA) is 98.7 Å². The number of urea groups is 1. The van der Waals surface area contributed by atoms with Crippen molar-refractivity contribution in [2.75, 3.05) is 11.9 Å². The van der Waals surface area contributed by atoms with Crippen molar-refractivity contribution in [2.24, 2.45) is 0 Å². The number of aromatic carboxylic acids is 1. The molecule has 2 aromatic carbocycles. The number of anilines is 1. The molecule has 192 valence electrons. The lowest BCUT2D eigenvalue weighted by atomic mass is 9.81. The number of carboxylic acid groups (broad SMARTS) is 1. The molecule has 1 saturated heterocycles. The maximum atomic E-state index is 13.1. The first kappa shape index (κ1) is 25.7. The average Bonchev–Trinajstić information content (AvgIpc) is 3.35. The molecule has 1 atom stereocenters. The molecule has 0 unspecified atom stereocenters. The third-order valence-corrected chi connectivity index (χ3v) is 7.67. The second-order valence-corrected chi connectivity index (χ2v) is 10.5. The van der Waals surface area contributed by atoms with E-state index in [1.165, 1.54) is 11.1 Å². The van der Waals surface area contributed by atoms with Crippen LogP contribution in [0.3, 0.4) is 0 Å². The van der Waals surface area contributed by atoms with E-state index in [9.17, 15) is 19.5 Å². The Morgan fingerprint density at radius 1 is 0.972 bits per heavy atom. The molecule has 0 bridgehead atoms. The number of nitrogens with zero attached hydrogens (tertiary/aromatic N) is 1. The molecule has 7 heteroatoms. The number of hydrogen-bond donors (Lipinski definition) is 3. The molecule has 0 aromatic heterocycles. The first-order valence-electron chi connectivity index (χ1n) is 13.0. The van der Waals surface area contributed by atoms with Crippen molar-refractivity contribution in [2.45, 2.75) is 83.2 Å². The summed E-state index contributed by atoms with van der Waals surface area (Å²) in [4.78, 5) is 39.0. The molecular weight excluding hydrogens is 454 g/mol. The van der Waals surface area contributed by atoms with Crippen LogP contribution in [0.4, 0.5) is 10.5 Å². The van der Waals surface area contributed by atoms with E-state index >= 15 is 0 Å². The highest BCUT2D eigenvalue weighted by atomic mass is 16.4. The van der Waals surface area contributed by atoms with Gasteiger partial charge in [0.05, 0.1) is 5.56 Å². The molecule has 0 spiro atoms. The number of carboxylic acids is 1. The Kier molecular flexibility index (Phi) is 7.97. The van der Waals surface area contributed by atoms with Crippen molar-refractivity contribution >= 4 is 23.6 Å². The predicted octanol–water partition coefficient (Wildman–Crippen LogP) is 5.66. The number of carbonyl (C=O) groups is 3. The molecule has 7 nitrogen and oxygen atoms in total. The molecule has 3 amide bonds. The molecule has 1 aliphatic heterocycles. The summed E-state index contributed by atoms with van der Waals surface area (Å²) in [5, 5.41) is 15.4. The number of benzene rings is 2. The minimum absolute atomic E-state index is 0.0667. The Morgan fingerprint density at radius 3 is 2.28 bits per heavy atom. The van der Waals surface area contributed by atoms with Gasteiger partial charge in [-0.15, -0.1) is 0 Å². The zero-order chi connectivity index (χ0) is 25.8. The van der Waals surface area contributed by atoms with Gasteiger partial charge < -0.3 is 20.6 Å². The normalized spacial score (nSPS) is 21.9. The van der Waals surface area contributed by atoms with Gasteiger partial charge in [-0.1, -0.05) is 38.1 Å². The van der Waals surface area contributed by atoms with Crippen LogP contribution in [0, 0.1) is 6.92 Å². The minimum atomic E-state index is -0.899. The minimum Gasteiger partial charge on any atom is -0.478 e. The summed E-state index contributed by atoms with van der Waals surface area (Å²) in [6.45, 7) is 6.68. The zero-order valence-electron chi connectivity index (χ0n) is 21.4. The van der Waals surface area contributed by atoms with Gasteiger partial charge in [0, 0.05) is 18.3 Å². The van der Waals surface area contributed by atoms with Gasteiger partial charge in [0.15, 0.2) is 0 Å². The Morgan fingerprint density at radius 2 is 1.67 bits per heavy atom. The van der Waals surface area contributed by atoms with E-state index in [0.717, 1.165) is 43.4 Å². The zero-order valence-corrected chi connectivity index (χ0v) is 21.4. The van der Waals surface area contributed by atoms with Crippen LogP contribution >= 0.6 is 0 Å². The summed E-state index contributed by atoms with van der Waals surface area (Å²) in [7, 11) is 0. The molecule has 1 heterocycles. The van der Waals surface area contributed by atoms with Crippen molar-refractivity contribution in [3.8, 4) is 0 Å². The van der Waals surface area contributed by atoms with E-state index in [1.807, 2.05) is 43.3 Å². The summed E-state index contributed by atoms with van der Waals surface area (Å²) in [5.41, 5.74) is 4.25. The number of carbonyl (C=O) groups excluding carboxylic acids is 2. The molecular formula is C29H37N3O4. The second-order valence-electron chi connectivity index (χ2n) is 10.5. The summed E-state index contributed by atoms with van der Waals surface area (Å²) >= 11 is 0. The van der Waals surface area contributed by atoms with Crippen molar-refractivity contribution in [3.63, 3.8) is 0 Å². The van der Waals surface area contributed by atoms with Crippen molar-refractivity contribution in [3.05, 3.63) is 64.7 Å². The molecule has 4 rings (SSSR count). The van der Waals surface area contributed by atoms with Gasteiger partial charge >= 0.3 is 12.0 Å². The van der Waals surface area contributed by atoms with E-state index in [-0.39, 0.29) is 18.0 Å². The van der Waals surface area contributed by atoms with Gasteiger partial charge in [-0.2, -0.15) is 0 Å². The van der Waals surface area contributed by atoms with Crippen LogP contribution in [-0.4, -0.2) is 46.5 Å². The number of likely N-dealkylation sites (tertiary alicyclic amines) is 1. The smallest absolute Gasteiger partial charge is 0.335 e. The number of amides is 3. The molecule has 2 aromatic rings. The Hall–Kier alpha value is -3.35. The van der Waals surface area contributed by atoms with Gasteiger partial charge in [0.2, 0.25) is 5.91 Å². The van der Waals surface area contributed by atoms with Gasteiger partial charge in [0.25, 0.3) is 0 Å². The van der Waals surface area contributed by atoms with Crippen molar-refractivity contribution in [1.82, 2.24) is 10.2 Å². The van der Waals surface area contributed by atoms with E-state index < -0.39 is 12.0 Å². The summed E-state index contributed by atoms with van der Waals surface area (Å²) in [6.07, 6.45) is 5.12. The quantitative estimate of drug-likeness (QED) is 0.486. The van der Waals surface area contributed by atoms with Crippen LogP contribution < -0.4 is 10.6 Å². The third kappa shape index (κ3) is 5.89. The molecule has 1 saturated carbocycles. The fourth-order valence-corrected chi connectivity index (χ4v) is 5.48. The fourth-order valence-electron chi connectivity index (χ4n) is 5.48. The lowest BCUT2D eigenvalue weighted by Gasteiger charge is -2.31. The molecule has 1 aliphatic carbocycles. The summed E-state index contributed by atoms with van der Waals surface area (Å²) < 4.78 is 0. The maximum Gasteiger partial charge on any atom is 0.335 e. The second kappa shape index (κ2) is 11.1.